The van der Waals surface area contributed by atoms with Gasteiger partial charge in [0.1, 0.15) is 5.82 Å². The Labute approximate surface area is 152 Å². The zero-order chi connectivity index (χ0) is 18.4. The number of benzene rings is 2. The molecule has 26 heavy (non-hydrogen) atoms. The minimum absolute atomic E-state index is 0.145. The van der Waals surface area contributed by atoms with Crippen LogP contribution < -0.4 is 15.0 Å². The maximum absolute atomic E-state index is 12.1. The van der Waals surface area contributed by atoms with Gasteiger partial charge in [0.15, 0.2) is 11.5 Å². The Kier molecular flexibility index (Phi) is 5.69. The highest BCUT2D eigenvalue weighted by Gasteiger charge is 2.05. The smallest absolute Gasteiger partial charge is 0.259 e. The predicted molar refractivity (Wildman–Crippen MR) is 105 cm³/mol. The Morgan fingerprint density at radius 2 is 1.96 bits per heavy atom. The molecule has 3 rings (SSSR count). The number of fused-ring (bicyclic) bond motifs is 1. The number of ether oxygens (including phenoxy) is 2. The predicted octanol–water partition coefficient (Wildman–Crippen LogP) is 4.28. The fraction of sp³-hybridized carbons (Fsp3) is 0.238. The standard InChI is InChI=1S/C21H22N2O3/c1-3-4-13-26-19-14-15(9-11-18(19)25-2)10-12-20-22-17-8-6-5-7-16(17)21(24)23-20/h5-12,14H,3-4,13H2,1-2H3,(H,22,23,24)/b12-10+. The molecule has 0 unspecified atom stereocenters. The van der Waals surface area contributed by atoms with Crippen LogP contribution in [0.4, 0.5) is 0 Å². The SMILES string of the molecule is CCCCOc1cc(/C=C/c2nc3ccccc3c(=O)[nH]2)ccc1OC. The van der Waals surface area contributed by atoms with Crippen molar-refractivity contribution in [1.29, 1.82) is 0 Å². The molecule has 0 aliphatic carbocycles. The summed E-state index contributed by atoms with van der Waals surface area (Å²) in [6.45, 7) is 2.77. The molecule has 1 heterocycles. The Bertz CT molecular complexity index is 976. The third-order valence-electron chi connectivity index (χ3n) is 4.01. The number of H-pyrrole nitrogens is 1. The van der Waals surface area contributed by atoms with E-state index in [-0.39, 0.29) is 5.56 Å². The van der Waals surface area contributed by atoms with Crippen LogP contribution in [0.3, 0.4) is 0 Å². The summed E-state index contributed by atoms with van der Waals surface area (Å²) in [4.78, 5) is 19.4. The summed E-state index contributed by atoms with van der Waals surface area (Å²) >= 11 is 0. The van der Waals surface area contributed by atoms with Gasteiger partial charge in [-0.05, 0) is 42.3 Å². The lowest BCUT2D eigenvalue weighted by Crippen LogP contribution is -2.09. The second-order valence-corrected chi connectivity index (χ2v) is 5.91. The number of hydrogen-bond donors (Lipinski definition) is 1. The molecule has 0 bridgehead atoms. The minimum atomic E-state index is -0.145. The summed E-state index contributed by atoms with van der Waals surface area (Å²) in [7, 11) is 1.63. The molecule has 0 fully saturated rings. The first-order valence-corrected chi connectivity index (χ1v) is 8.69. The zero-order valence-electron chi connectivity index (χ0n) is 15.0. The van der Waals surface area contributed by atoms with E-state index in [1.807, 2.05) is 42.5 Å². The highest BCUT2D eigenvalue weighted by molar-refractivity contribution is 5.79. The number of nitrogens with zero attached hydrogens (tertiary/aromatic N) is 1. The molecule has 0 aliphatic heterocycles. The monoisotopic (exact) mass is 350 g/mol. The van der Waals surface area contributed by atoms with Crippen molar-refractivity contribution < 1.29 is 9.47 Å². The van der Waals surface area contributed by atoms with E-state index in [4.69, 9.17) is 9.47 Å². The lowest BCUT2D eigenvalue weighted by molar-refractivity contribution is 0.288. The quantitative estimate of drug-likeness (QED) is 0.646. The first-order valence-electron chi connectivity index (χ1n) is 8.69. The van der Waals surface area contributed by atoms with Crippen molar-refractivity contribution in [2.24, 2.45) is 0 Å². The van der Waals surface area contributed by atoms with Crippen molar-refractivity contribution >= 4 is 23.1 Å². The average Bonchev–Trinajstić information content (AvgIpc) is 2.67. The fourth-order valence-corrected chi connectivity index (χ4v) is 2.59. The van der Waals surface area contributed by atoms with E-state index < -0.39 is 0 Å². The van der Waals surface area contributed by atoms with Crippen LogP contribution in [0.5, 0.6) is 11.5 Å². The molecule has 5 nitrogen and oxygen atoms in total. The largest absolute Gasteiger partial charge is 0.493 e. The summed E-state index contributed by atoms with van der Waals surface area (Å²) < 4.78 is 11.2. The molecule has 3 aromatic rings. The molecule has 1 N–H and O–H groups in total. The second kappa shape index (κ2) is 8.34. The van der Waals surface area contributed by atoms with Gasteiger partial charge in [0.25, 0.3) is 5.56 Å². The molecule has 0 saturated carbocycles. The third kappa shape index (κ3) is 4.11. The number of aromatic amines is 1. The van der Waals surface area contributed by atoms with Gasteiger partial charge in [-0.15, -0.1) is 0 Å². The number of methoxy groups -OCH3 is 1. The van der Waals surface area contributed by atoms with E-state index in [0.717, 1.165) is 18.4 Å². The number of hydrogen-bond acceptors (Lipinski definition) is 4. The van der Waals surface area contributed by atoms with E-state index in [0.29, 0.717) is 34.8 Å². The molecule has 5 heteroatoms. The van der Waals surface area contributed by atoms with Gasteiger partial charge in [0, 0.05) is 0 Å². The van der Waals surface area contributed by atoms with Gasteiger partial charge in [0.05, 0.1) is 24.6 Å². The van der Waals surface area contributed by atoms with E-state index in [1.54, 1.807) is 19.3 Å². The van der Waals surface area contributed by atoms with Crippen LogP contribution >= 0.6 is 0 Å². The molecule has 2 aromatic carbocycles. The van der Waals surface area contributed by atoms with Crippen molar-refractivity contribution in [3.8, 4) is 11.5 Å². The van der Waals surface area contributed by atoms with E-state index >= 15 is 0 Å². The Morgan fingerprint density at radius 3 is 2.77 bits per heavy atom. The highest BCUT2D eigenvalue weighted by Crippen LogP contribution is 2.29. The molecule has 0 radical (unpaired) electrons. The van der Waals surface area contributed by atoms with Gasteiger partial charge in [-0.3, -0.25) is 4.79 Å². The molecule has 134 valence electrons. The number of unbranched alkanes of at least 4 members (excludes halogenated alkanes) is 1. The lowest BCUT2D eigenvalue weighted by atomic mass is 10.2. The molecule has 0 amide bonds. The summed E-state index contributed by atoms with van der Waals surface area (Å²) in [5.74, 6) is 1.93. The van der Waals surface area contributed by atoms with Gasteiger partial charge in [0.2, 0.25) is 0 Å². The maximum Gasteiger partial charge on any atom is 0.259 e. The molecule has 0 aliphatic rings. The van der Waals surface area contributed by atoms with E-state index in [2.05, 4.69) is 16.9 Å². The Morgan fingerprint density at radius 1 is 1.12 bits per heavy atom. The molecule has 0 saturated heterocycles. The van der Waals surface area contributed by atoms with Crippen molar-refractivity contribution in [3.05, 3.63) is 64.2 Å². The normalized spacial score (nSPS) is 11.2. The van der Waals surface area contributed by atoms with Crippen LogP contribution in [-0.4, -0.2) is 23.7 Å². The van der Waals surface area contributed by atoms with Crippen LogP contribution in [0.15, 0.2) is 47.3 Å². The lowest BCUT2D eigenvalue weighted by Gasteiger charge is -2.11. The van der Waals surface area contributed by atoms with Crippen LogP contribution in [0.1, 0.15) is 31.2 Å². The molecule has 0 spiro atoms. The van der Waals surface area contributed by atoms with Crippen LogP contribution in [-0.2, 0) is 0 Å². The summed E-state index contributed by atoms with van der Waals surface area (Å²) in [5.41, 5.74) is 1.47. The first-order chi connectivity index (χ1) is 12.7. The topological polar surface area (TPSA) is 64.2 Å². The summed E-state index contributed by atoms with van der Waals surface area (Å²) in [6, 6.07) is 13.0. The number of aromatic nitrogens is 2. The van der Waals surface area contributed by atoms with Crippen molar-refractivity contribution in [3.63, 3.8) is 0 Å². The molecular formula is C21H22N2O3. The maximum atomic E-state index is 12.1. The number of nitrogens with one attached hydrogen (secondary N) is 1. The molecule has 0 atom stereocenters. The average molecular weight is 350 g/mol. The number of rotatable bonds is 7. The first kappa shape index (κ1) is 17.7. The Balaban J connectivity index is 1.86. The van der Waals surface area contributed by atoms with E-state index in [9.17, 15) is 4.79 Å². The minimum Gasteiger partial charge on any atom is -0.493 e. The van der Waals surface area contributed by atoms with Crippen LogP contribution in [0.25, 0.3) is 23.1 Å². The Hall–Kier alpha value is -3.08. The summed E-state index contributed by atoms with van der Waals surface area (Å²) in [6.07, 6.45) is 5.74. The van der Waals surface area contributed by atoms with Gasteiger partial charge < -0.3 is 14.5 Å². The second-order valence-electron chi connectivity index (χ2n) is 5.91. The van der Waals surface area contributed by atoms with Gasteiger partial charge >= 0.3 is 0 Å². The zero-order valence-corrected chi connectivity index (χ0v) is 15.0. The van der Waals surface area contributed by atoms with Crippen molar-refractivity contribution in [2.75, 3.05) is 13.7 Å². The van der Waals surface area contributed by atoms with Gasteiger partial charge in [-0.1, -0.05) is 37.6 Å². The highest BCUT2D eigenvalue weighted by atomic mass is 16.5. The van der Waals surface area contributed by atoms with Crippen LogP contribution in [0.2, 0.25) is 0 Å². The van der Waals surface area contributed by atoms with Crippen molar-refractivity contribution in [2.45, 2.75) is 19.8 Å². The summed E-state index contributed by atoms with van der Waals surface area (Å²) in [5, 5.41) is 0.584. The van der Waals surface area contributed by atoms with Crippen LogP contribution in [0, 0.1) is 0 Å². The van der Waals surface area contributed by atoms with Gasteiger partial charge in [-0.25, -0.2) is 4.98 Å². The van der Waals surface area contributed by atoms with E-state index in [1.165, 1.54) is 0 Å². The van der Waals surface area contributed by atoms with Gasteiger partial charge in [-0.2, -0.15) is 0 Å². The molecule has 1 aromatic heterocycles. The fourth-order valence-electron chi connectivity index (χ4n) is 2.59. The molecular weight excluding hydrogens is 328 g/mol. The van der Waals surface area contributed by atoms with Crippen molar-refractivity contribution in [1.82, 2.24) is 9.97 Å². The number of para-hydroxylation sites is 1. The third-order valence-corrected chi connectivity index (χ3v) is 4.01.